The van der Waals surface area contributed by atoms with Crippen molar-refractivity contribution in [2.24, 2.45) is 7.05 Å². The SMILES string of the molecule is CCC(=O)N1CC(Nc2ncnc3c2nc(-c2cnn(CC)c2C)n3C)C1. The van der Waals surface area contributed by atoms with Crippen molar-refractivity contribution in [1.82, 2.24) is 34.2 Å². The number of aryl methyl sites for hydroxylation is 2. The number of imidazole rings is 1. The molecule has 0 unspecified atom stereocenters. The van der Waals surface area contributed by atoms with Crippen LogP contribution in [0.4, 0.5) is 5.82 Å². The minimum Gasteiger partial charge on any atom is -0.362 e. The van der Waals surface area contributed by atoms with Gasteiger partial charge in [-0.3, -0.25) is 9.48 Å². The van der Waals surface area contributed by atoms with Crippen LogP contribution < -0.4 is 5.32 Å². The number of hydrogen-bond donors (Lipinski definition) is 1. The Morgan fingerprint density at radius 1 is 1.30 bits per heavy atom. The number of fused-ring (bicyclic) bond motifs is 1. The van der Waals surface area contributed by atoms with E-state index in [1.54, 1.807) is 6.33 Å². The maximum atomic E-state index is 11.7. The van der Waals surface area contributed by atoms with Crippen molar-refractivity contribution in [3.05, 3.63) is 18.2 Å². The number of anilines is 1. The molecule has 142 valence electrons. The fourth-order valence-electron chi connectivity index (χ4n) is 3.52. The third kappa shape index (κ3) is 2.83. The minimum atomic E-state index is 0.185. The lowest BCUT2D eigenvalue weighted by Crippen LogP contribution is -2.56. The summed E-state index contributed by atoms with van der Waals surface area (Å²) >= 11 is 0. The largest absolute Gasteiger partial charge is 0.362 e. The summed E-state index contributed by atoms with van der Waals surface area (Å²) in [5.74, 6) is 1.71. The molecule has 0 bridgehead atoms. The predicted molar refractivity (Wildman–Crippen MR) is 102 cm³/mol. The van der Waals surface area contributed by atoms with Crippen molar-refractivity contribution in [2.75, 3.05) is 18.4 Å². The zero-order valence-electron chi connectivity index (χ0n) is 16.1. The lowest BCUT2D eigenvalue weighted by Gasteiger charge is -2.39. The molecule has 1 saturated heterocycles. The van der Waals surface area contributed by atoms with Crippen LogP contribution in [0.1, 0.15) is 26.0 Å². The molecule has 0 spiro atoms. The maximum absolute atomic E-state index is 11.7. The minimum absolute atomic E-state index is 0.185. The van der Waals surface area contributed by atoms with E-state index in [1.807, 2.05) is 41.2 Å². The zero-order chi connectivity index (χ0) is 19.1. The van der Waals surface area contributed by atoms with Gasteiger partial charge in [-0.25, -0.2) is 15.0 Å². The second kappa shape index (κ2) is 6.64. The highest BCUT2D eigenvalue weighted by Gasteiger charge is 2.30. The Balaban J connectivity index is 1.64. The van der Waals surface area contributed by atoms with Gasteiger partial charge in [-0.15, -0.1) is 0 Å². The van der Waals surface area contributed by atoms with E-state index in [0.29, 0.717) is 25.3 Å². The van der Waals surface area contributed by atoms with Gasteiger partial charge in [0.15, 0.2) is 17.0 Å². The Morgan fingerprint density at radius 2 is 2.07 bits per heavy atom. The molecular weight excluding hydrogens is 344 g/mol. The molecule has 1 amide bonds. The van der Waals surface area contributed by atoms with Gasteiger partial charge in [0.05, 0.1) is 17.8 Å². The molecule has 0 saturated carbocycles. The van der Waals surface area contributed by atoms with Crippen LogP contribution >= 0.6 is 0 Å². The Morgan fingerprint density at radius 3 is 2.74 bits per heavy atom. The molecule has 3 aromatic heterocycles. The second-order valence-electron chi connectivity index (χ2n) is 6.84. The van der Waals surface area contributed by atoms with Gasteiger partial charge < -0.3 is 14.8 Å². The lowest BCUT2D eigenvalue weighted by atomic mass is 10.1. The molecule has 0 aliphatic carbocycles. The van der Waals surface area contributed by atoms with E-state index in [-0.39, 0.29) is 11.9 Å². The summed E-state index contributed by atoms with van der Waals surface area (Å²) in [6.07, 6.45) is 3.94. The number of rotatable bonds is 5. The summed E-state index contributed by atoms with van der Waals surface area (Å²) < 4.78 is 3.92. The summed E-state index contributed by atoms with van der Waals surface area (Å²) in [6.45, 7) is 8.20. The van der Waals surface area contributed by atoms with Crippen molar-refractivity contribution in [3.8, 4) is 11.4 Å². The van der Waals surface area contributed by atoms with Crippen LogP contribution in [0.3, 0.4) is 0 Å². The van der Waals surface area contributed by atoms with Gasteiger partial charge >= 0.3 is 0 Å². The summed E-state index contributed by atoms with van der Waals surface area (Å²) in [4.78, 5) is 27.2. The maximum Gasteiger partial charge on any atom is 0.222 e. The number of carbonyl (C=O) groups excluding carboxylic acids is 1. The number of likely N-dealkylation sites (tertiary alicyclic amines) is 1. The van der Waals surface area contributed by atoms with Crippen LogP contribution in [0.25, 0.3) is 22.6 Å². The van der Waals surface area contributed by atoms with Crippen LogP contribution in [0.2, 0.25) is 0 Å². The van der Waals surface area contributed by atoms with E-state index >= 15 is 0 Å². The van der Waals surface area contributed by atoms with Crippen molar-refractivity contribution in [3.63, 3.8) is 0 Å². The molecular formula is C18H24N8O. The Bertz CT molecular complexity index is 998. The molecule has 1 aliphatic rings. The highest BCUT2D eigenvalue weighted by Crippen LogP contribution is 2.28. The second-order valence-corrected chi connectivity index (χ2v) is 6.84. The number of amides is 1. The van der Waals surface area contributed by atoms with E-state index in [2.05, 4.69) is 27.3 Å². The lowest BCUT2D eigenvalue weighted by molar-refractivity contribution is -0.134. The van der Waals surface area contributed by atoms with Gasteiger partial charge in [-0.05, 0) is 13.8 Å². The van der Waals surface area contributed by atoms with Gasteiger partial charge in [0.1, 0.15) is 12.2 Å². The summed E-state index contributed by atoms with van der Waals surface area (Å²) in [5, 5.41) is 7.83. The normalized spacial score (nSPS) is 14.6. The van der Waals surface area contributed by atoms with Crippen molar-refractivity contribution in [2.45, 2.75) is 39.8 Å². The topological polar surface area (TPSA) is 93.8 Å². The van der Waals surface area contributed by atoms with Crippen LogP contribution in [0.15, 0.2) is 12.5 Å². The number of hydrogen-bond acceptors (Lipinski definition) is 6. The van der Waals surface area contributed by atoms with Crippen molar-refractivity contribution < 1.29 is 4.79 Å². The van der Waals surface area contributed by atoms with Gasteiger partial charge in [0.2, 0.25) is 5.91 Å². The molecule has 9 heteroatoms. The van der Waals surface area contributed by atoms with Crippen LogP contribution in [-0.4, -0.2) is 59.2 Å². The highest BCUT2D eigenvalue weighted by molar-refractivity contribution is 5.86. The first-order valence-electron chi connectivity index (χ1n) is 9.28. The number of aromatic nitrogens is 6. The van der Waals surface area contributed by atoms with Crippen molar-refractivity contribution >= 4 is 22.9 Å². The first-order valence-corrected chi connectivity index (χ1v) is 9.28. The number of carbonyl (C=O) groups is 1. The predicted octanol–water partition coefficient (Wildman–Crippen LogP) is 1.59. The van der Waals surface area contributed by atoms with Gasteiger partial charge in [-0.1, -0.05) is 6.92 Å². The first kappa shape index (κ1) is 17.4. The van der Waals surface area contributed by atoms with E-state index in [0.717, 1.165) is 34.8 Å². The fraction of sp³-hybridized carbons (Fsp3) is 0.500. The molecule has 4 heterocycles. The fourth-order valence-corrected chi connectivity index (χ4v) is 3.52. The standard InChI is InChI=1S/C18H24N8O/c1-5-14(27)25-8-12(9-25)22-16-15-18(20-10-19-16)24(4)17(23-15)13-7-21-26(6-2)11(13)3/h7,10,12H,5-6,8-9H2,1-4H3,(H,19,20,22). The van der Waals surface area contributed by atoms with E-state index < -0.39 is 0 Å². The monoisotopic (exact) mass is 368 g/mol. The number of nitrogens with zero attached hydrogens (tertiary/aromatic N) is 7. The Hall–Kier alpha value is -2.97. The van der Waals surface area contributed by atoms with Gasteiger partial charge in [0, 0.05) is 38.8 Å². The average Bonchev–Trinajstić information content (AvgIpc) is 3.17. The zero-order valence-corrected chi connectivity index (χ0v) is 16.1. The van der Waals surface area contributed by atoms with Crippen molar-refractivity contribution in [1.29, 1.82) is 0 Å². The van der Waals surface area contributed by atoms with Gasteiger partial charge in [-0.2, -0.15) is 5.10 Å². The summed E-state index contributed by atoms with van der Waals surface area (Å²) in [5.41, 5.74) is 3.57. The molecule has 3 aromatic rings. The third-order valence-corrected chi connectivity index (χ3v) is 5.18. The van der Waals surface area contributed by atoms with E-state index in [1.165, 1.54) is 0 Å². The third-order valence-electron chi connectivity index (χ3n) is 5.18. The molecule has 0 atom stereocenters. The van der Waals surface area contributed by atoms with Crippen LogP contribution in [-0.2, 0) is 18.4 Å². The quantitative estimate of drug-likeness (QED) is 0.735. The van der Waals surface area contributed by atoms with Crippen LogP contribution in [0.5, 0.6) is 0 Å². The average molecular weight is 368 g/mol. The van der Waals surface area contributed by atoms with E-state index in [9.17, 15) is 4.79 Å². The smallest absolute Gasteiger partial charge is 0.222 e. The molecule has 9 nitrogen and oxygen atoms in total. The Kier molecular flexibility index (Phi) is 4.29. The molecule has 4 rings (SSSR count). The molecule has 27 heavy (non-hydrogen) atoms. The Labute approximate surface area is 157 Å². The first-order chi connectivity index (χ1) is 13.0. The molecule has 0 aromatic carbocycles. The molecule has 1 fully saturated rings. The highest BCUT2D eigenvalue weighted by atomic mass is 16.2. The molecule has 1 N–H and O–H groups in total. The van der Waals surface area contributed by atoms with Gasteiger partial charge in [0.25, 0.3) is 0 Å². The summed E-state index contributed by atoms with van der Waals surface area (Å²) in [6, 6.07) is 0.189. The molecule has 1 aliphatic heterocycles. The summed E-state index contributed by atoms with van der Waals surface area (Å²) in [7, 11) is 1.95. The van der Waals surface area contributed by atoms with E-state index in [4.69, 9.17) is 4.98 Å². The van der Waals surface area contributed by atoms with Crippen LogP contribution in [0, 0.1) is 6.92 Å². The molecule has 0 radical (unpaired) electrons. The number of nitrogens with one attached hydrogen (secondary N) is 1.